The molecule has 0 radical (unpaired) electrons. The average molecular weight is 463 g/mol. The Hall–Kier alpha value is -3.87. The number of carboxylic acids is 1. The SMILES string of the molecule is C=C(C)c1cnc2ccccc2c1-c1cc(C(=O)O)ccc1OCCCNC(=O)OC(C)(C)C. The highest BCUT2D eigenvalue weighted by Crippen LogP contribution is 2.40. The summed E-state index contributed by atoms with van der Waals surface area (Å²) in [6.45, 7) is 12.1. The Kier molecular flexibility index (Phi) is 7.56. The van der Waals surface area contributed by atoms with Gasteiger partial charge in [-0.05, 0) is 64.0 Å². The van der Waals surface area contributed by atoms with Gasteiger partial charge in [0.15, 0.2) is 0 Å². The molecule has 1 amide bonds. The molecule has 1 aromatic heterocycles. The smallest absolute Gasteiger partial charge is 0.407 e. The van der Waals surface area contributed by atoms with E-state index in [-0.39, 0.29) is 5.56 Å². The summed E-state index contributed by atoms with van der Waals surface area (Å²) in [5.74, 6) is -0.481. The quantitative estimate of drug-likeness (QED) is 0.403. The number of carboxylic acid groups (broad SMARTS) is 1. The summed E-state index contributed by atoms with van der Waals surface area (Å²) < 4.78 is 11.3. The van der Waals surface area contributed by atoms with Gasteiger partial charge in [-0.1, -0.05) is 24.8 Å². The van der Waals surface area contributed by atoms with Gasteiger partial charge in [0.25, 0.3) is 0 Å². The van der Waals surface area contributed by atoms with Crippen molar-refractivity contribution >= 4 is 28.5 Å². The Morgan fingerprint density at radius 1 is 1.15 bits per heavy atom. The van der Waals surface area contributed by atoms with Crippen LogP contribution in [0.1, 0.15) is 50.0 Å². The Labute approximate surface area is 199 Å². The summed E-state index contributed by atoms with van der Waals surface area (Å²) in [6.07, 6.45) is 1.82. The van der Waals surface area contributed by atoms with Gasteiger partial charge in [-0.25, -0.2) is 9.59 Å². The number of aromatic carboxylic acids is 1. The molecule has 0 unspecified atom stereocenters. The average Bonchev–Trinajstić information content (AvgIpc) is 2.76. The Bertz CT molecular complexity index is 1230. The first-order valence-corrected chi connectivity index (χ1v) is 11.1. The number of nitrogens with zero attached hydrogens (tertiary/aromatic N) is 1. The van der Waals surface area contributed by atoms with Crippen LogP contribution in [-0.4, -0.2) is 40.9 Å². The molecule has 0 bridgehead atoms. The van der Waals surface area contributed by atoms with Crippen LogP contribution >= 0.6 is 0 Å². The molecule has 0 fully saturated rings. The normalized spacial score (nSPS) is 11.2. The number of fused-ring (bicyclic) bond motifs is 1. The second-order valence-electron chi connectivity index (χ2n) is 8.99. The fourth-order valence-electron chi connectivity index (χ4n) is 3.50. The number of hydrogen-bond donors (Lipinski definition) is 2. The minimum absolute atomic E-state index is 0.155. The van der Waals surface area contributed by atoms with E-state index in [2.05, 4.69) is 16.9 Å². The molecule has 7 heteroatoms. The van der Waals surface area contributed by atoms with E-state index >= 15 is 0 Å². The van der Waals surface area contributed by atoms with Crippen molar-refractivity contribution < 1.29 is 24.2 Å². The third kappa shape index (κ3) is 6.13. The second kappa shape index (κ2) is 10.4. The Morgan fingerprint density at radius 2 is 1.88 bits per heavy atom. The maximum atomic E-state index is 11.8. The molecule has 0 saturated heterocycles. The number of ether oxygens (including phenoxy) is 2. The maximum absolute atomic E-state index is 11.8. The molecule has 0 spiro atoms. The zero-order valence-corrected chi connectivity index (χ0v) is 20.0. The topological polar surface area (TPSA) is 97.8 Å². The van der Waals surface area contributed by atoms with Crippen molar-refractivity contribution in [3.8, 4) is 16.9 Å². The summed E-state index contributed by atoms with van der Waals surface area (Å²) in [5, 5.41) is 13.2. The fourth-order valence-corrected chi connectivity index (χ4v) is 3.50. The predicted molar refractivity (Wildman–Crippen MR) is 133 cm³/mol. The Balaban J connectivity index is 1.90. The van der Waals surface area contributed by atoms with Gasteiger partial charge in [0.05, 0.1) is 17.7 Å². The molecule has 0 atom stereocenters. The number of para-hydroxylation sites is 1. The van der Waals surface area contributed by atoms with E-state index < -0.39 is 17.7 Å². The van der Waals surface area contributed by atoms with Crippen LogP contribution in [-0.2, 0) is 4.74 Å². The molecule has 0 saturated carbocycles. The molecule has 7 nitrogen and oxygen atoms in total. The highest BCUT2D eigenvalue weighted by Gasteiger charge is 2.19. The van der Waals surface area contributed by atoms with Crippen LogP contribution in [0, 0.1) is 0 Å². The number of amides is 1. The summed E-state index contributed by atoms with van der Waals surface area (Å²) in [5.41, 5.74) is 3.48. The van der Waals surface area contributed by atoms with E-state index in [1.807, 2.05) is 31.2 Å². The first-order valence-electron chi connectivity index (χ1n) is 11.1. The molecule has 0 aliphatic carbocycles. The van der Waals surface area contributed by atoms with E-state index in [1.165, 1.54) is 6.07 Å². The van der Waals surface area contributed by atoms with Crippen molar-refractivity contribution in [1.29, 1.82) is 0 Å². The van der Waals surface area contributed by atoms with E-state index in [0.29, 0.717) is 30.9 Å². The van der Waals surface area contributed by atoms with Crippen molar-refractivity contribution in [3.05, 3.63) is 66.4 Å². The van der Waals surface area contributed by atoms with Gasteiger partial charge in [0.2, 0.25) is 0 Å². The number of carbonyl (C=O) groups excluding carboxylic acids is 1. The summed E-state index contributed by atoms with van der Waals surface area (Å²) in [7, 11) is 0. The van der Waals surface area contributed by atoms with E-state index in [4.69, 9.17) is 9.47 Å². The van der Waals surface area contributed by atoms with Crippen LogP contribution in [0.15, 0.2) is 55.2 Å². The molecule has 1 heterocycles. The van der Waals surface area contributed by atoms with Crippen LogP contribution in [0.4, 0.5) is 4.79 Å². The summed E-state index contributed by atoms with van der Waals surface area (Å²) >= 11 is 0. The molecule has 2 aromatic carbocycles. The monoisotopic (exact) mass is 462 g/mol. The molecular weight excluding hydrogens is 432 g/mol. The van der Waals surface area contributed by atoms with Crippen molar-refractivity contribution in [2.24, 2.45) is 0 Å². The van der Waals surface area contributed by atoms with Crippen LogP contribution < -0.4 is 10.1 Å². The predicted octanol–water partition coefficient (Wildman–Crippen LogP) is 5.93. The van der Waals surface area contributed by atoms with Crippen molar-refractivity contribution in [3.63, 3.8) is 0 Å². The third-order valence-corrected chi connectivity index (χ3v) is 4.98. The second-order valence-corrected chi connectivity index (χ2v) is 8.99. The zero-order chi connectivity index (χ0) is 24.9. The van der Waals surface area contributed by atoms with E-state index in [1.54, 1.807) is 39.1 Å². The number of allylic oxidation sites excluding steroid dienone is 1. The Morgan fingerprint density at radius 3 is 2.56 bits per heavy atom. The number of benzene rings is 2. The van der Waals surface area contributed by atoms with Crippen LogP contribution in [0.2, 0.25) is 0 Å². The zero-order valence-electron chi connectivity index (χ0n) is 20.0. The molecule has 0 aliphatic heterocycles. The fraction of sp³-hybridized carbons (Fsp3) is 0.296. The lowest BCUT2D eigenvalue weighted by atomic mass is 9.92. The number of aromatic nitrogens is 1. The minimum Gasteiger partial charge on any atom is -0.493 e. The van der Waals surface area contributed by atoms with Gasteiger partial charge in [-0.2, -0.15) is 0 Å². The lowest BCUT2D eigenvalue weighted by Crippen LogP contribution is -2.33. The number of rotatable bonds is 8. The number of alkyl carbamates (subject to hydrolysis) is 1. The highest BCUT2D eigenvalue weighted by molar-refractivity contribution is 6.02. The molecule has 2 N–H and O–H groups in total. The lowest BCUT2D eigenvalue weighted by Gasteiger charge is -2.20. The largest absolute Gasteiger partial charge is 0.493 e. The van der Waals surface area contributed by atoms with Gasteiger partial charge in [0, 0.05) is 34.8 Å². The molecule has 178 valence electrons. The molecular formula is C27H30N2O5. The van der Waals surface area contributed by atoms with Crippen LogP contribution in [0.5, 0.6) is 5.75 Å². The number of carbonyl (C=O) groups is 2. The van der Waals surface area contributed by atoms with Gasteiger partial charge in [-0.3, -0.25) is 4.98 Å². The van der Waals surface area contributed by atoms with E-state index in [0.717, 1.165) is 27.6 Å². The van der Waals surface area contributed by atoms with Gasteiger partial charge >= 0.3 is 12.1 Å². The molecule has 34 heavy (non-hydrogen) atoms. The summed E-state index contributed by atoms with van der Waals surface area (Å²) in [4.78, 5) is 28.1. The lowest BCUT2D eigenvalue weighted by molar-refractivity contribution is 0.0525. The van der Waals surface area contributed by atoms with E-state index in [9.17, 15) is 14.7 Å². The molecule has 3 aromatic rings. The number of nitrogens with one attached hydrogen (secondary N) is 1. The van der Waals surface area contributed by atoms with Crippen LogP contribution in [0.25, 0.3) is 27.6 Å². The van der Waals surface area contributed by atoms with Crippen molar-refractivity contribution in [2.45, 2.75) is 39.7 Å². The molecule has 0 aliphatic rings. The summed E-state index contributed by atoms with van der Waals surface area (Å²) in [6, 6.07) is 12.5. The third-order valence-electron chi connectivity index (χ3n) is 4.98. The van der Waals surface area contributed by atoms with Crippen LogP contribution in [0.3, 0.4) is 0 Å². The first kappa shape index (κ1) is 24.8. The minimum atomic E-state index is -1.02. The maximum Gasteiger partial charge on any atom is 0.407 e. The van der Waals surface area contributed by atoms with Gasteiger partial charge in [0.1, 0.15) is 11.4 Å². The molecule has 3 rings (SSSR count). The van der Waals surface area contributed by atoms with Crippen molar-refractivity contribution in [2.75, 3.05) is 13.2 Å². The van der Waals surface area contributed by atoms with Crippen molar-refractivity contribution in [1.82, 2.24) is 10.3 Å². The highest BCUT2D eigenvalue weighted by atomic mass is 16.6. The number of pyridine rings is 1. The van der Waals surface area contributed by atoms with Gasteiger partial charge in [-0.15, -0.1) is 0 Å². The van der Waals surface area contributed by atoms with Gasteiger partial charge < -0.3 is 19.9 Å². The first-order chi connectivity index (χ1) is 16.1. The standard InChI is InChI=1S/C27H30N2O5/c1-17(2)21-16-29-22-10-7-6-9-19(22)24(21)20-15-18(25(30)31)11-12-23(20)33-14-8-13-28-26(32)34-27(3,4)5/h6-7,9-12,15-16H,1,8,13-14H2,2-5H3,(H,28,32)(H,30,31). The number of hydrogen-bond acceptors (Lipinski definition) is 5.